The van der Waals surface area contributed by atoms with E-state index >= 15 is 0 Å². The zero-order valence-corrected chi connectivity index (χ0v) is 15.7. The zero-order valence-electron chi connectivity index (χ0n) is 14.1. The summed E-state index contributed by atoms with van der Waals surface area (Å²) < 4.78 is 0. The van der Waals surface area contributed by atoms with Crippen molar-refractivity contribution in [2.75, 3.05) is 26.2 Å². The van der Waals surface area contributed by atoms with Gasteiger partial charge in [0.1, 0.15) is 0 Å². The van der Waals surface area contributed by atoms with E-state index in [-0.39, 0.29) is 29.6 Å². The quantitative estimate of drug-likeness (QED) is 0.681. The minimum absolute atomic E-state index is 0. The molecule has 1 aliphatic carbocycles. The van der Waals surface area contributed by atoms with Gasteiger partial charge in [0.15, 0.2) is 0 Å². The molecule has 0 spiro atoms. The maximum absolute atomic E-state index is 12.7. The first-order valence-electron chi connectivity index (χ1n) is 8.65. The molecular formula is C18H25Cl2N3O2. The minimum Gasteiger partial charge on any atom is -0.354 e. The molecule has 1 saturated carbocycles. The highest BCUT2D eigenvalue weighted by molar-refractivity contribution is 6.30. The lowest BCUT2D eigenvalue weighted by Gasteiger charge is -2.37. The van der Waals surface area contributed by atoms with Gasteiger partial charge < -0.3 is 16.0 Å². The highest BCUT2D eigenvalue weighted by atomic mass is 35.5. The lowest BCUT2D eigenvalue weighted by Crippen LogP contribution is -2.49. The van der Waals surface area contributed by atoms with Crippen LogP contribution in [0, 0.1) is 11.3 Å². The van der Waals surface area contributed by atoms with Crippen molar-refractivity contribution in [2.24, 2.45) is 11.3 Å². The summed E-state index contributed by atoms with van der Waals surface area (Å²) in [6.07, 6.45) is 4.44. The van der Waals surface area contributed by atoms with Gasteiger partial charge in [-0.15, -0.1) is 12.4 Å². The SMILES string of the molecule is Cl.O=C(NCCNC(=O)[C@@]12CCCC[C@H]1CNC2)c1ccc(Cl)cc1. The van der Waals surface area contributed by atoms with E-state index in [4.69, 9.17) is 11.6 Å². The van der Waals surface area contributed by atoms with Crippen molar-refractivity contribution in [1.82, 2.24) is 16.0 Å². The Balaban J connectivity index is 0.00000225. The van der Waals surface area contributed by atoms with Gasteiger partial charge in [-0.05, 0) is 49.6 Å². The molecule has 3 N–H and O–H groups in total. The monoisotopic (exact) mass is 385 g/mol. The van der Waals surface area contributed by atoms with E-state index in [0.717, 1.165) is 32.4 Å². The van der Waals surface area contributed by atoms with Crippen LogP contribution in [-0.4, -0.2) is 38.0 Å². The lowest BCUT2D eigenvalue weighted by atomic mass is 9.67. The maximum atomic E-state index is 12.7. The Hall–Kier alpha value is -1.30. The van der Waals surface area contributed by atoms with Gasteiger partial charge in [-0.25, -0.2) is 0 Å². The molecule has 2 fully saturated rings. The molecule has 1 aromatic carbocycles. The van der Waals surface area contributed by atoms with Crippen molar-refractivity contribution >= 4 is 35.8 Å². The van der Waals surface area contributed by atoms with Crippen LogP contribution in [-0.2, 0) is 4.79 Å². The number of carbonyl (C=O) groups excluding carboxylic acids is 2. The van der Waals surface area contributed by atoms with E-state index in [1.165, 1.54) is 6.42 Å². The Morgan fingerprint density at radius 1 is 1.16 bits per heavy atom. The van der Waals surface area contributed by atoms with Gasteiger partial charge in [-0.1, -0.05) is 24.4 Å². The summed E-state index contributed by atoms with van der Waals surface area (Å²) in [5, 5.41) is 9.82. The molecular weight excluding hydrogens is 361 g/mol. The molecule has 1 heterocycles. The van der Waals surface area contributed by atoms with Crippen molar-refractivity contribution in [3.05, 3.63) is 34.9 Å². The van der Waals surface area contributed by atoms with Crippen molar-refractivity contribution in [2.45, 2.75) is 25.7 Å². The molecule has 0 aromatic heterocycles. The zero-order chi connectivity index (χ0) is 17.0. The minimum atomic E-state index is -0.238. The molecule has 1 aliphatic heterocycles. The van der Waals surface area contributed by atoms with Crippen LogP contribution in [0.25, 0.3) is 0 Å². The third-order valence-corrected chi connectivity index (χ3v) is 5.54. The van der Waals surface area contributed by atoms with Crippen molar-refractivity contribution in [1.29, 1.82) is 0 Å². The van der Waals surface area contributed by atoms with Gasteiger partial charge in [-0.3, -0.25) is 9.59 Å². The third kappa shape index (κ3) is 4.46. The average Bonchev–Trinajstić information content (AvgIpc) is 3.04. The van der Waals surface area contributed by atoms with E-state index in [2.05, 4.69) is 16.0 Å². The first-order chi connectivity index (χ1) is 11.6. The van der Waals surface area contributed by atoms with Gasteiger partial charge in [0.25, 0.3) is 5.91 Å². The van der Waals surface area contributed by atoms with Crippen LogP contribution in [0.5, 0.6) is 0 Å². The van der Waals surface area contributed by atoms with E-state index in [1.54, 1.807) is 24.3 Å². The number of rotatable bonds is 5. The molecule has 25 heavy (non-hydrogen) atoms. The second-order valence-electron chi connectivity index (χ2n) is 6.75. The topological polar surface area (TPSA) is 70.2 Å². The predicted molar refractivity (Wildman–Crippen MR) is 101 cm³/mol. The normalized spacial score (nSPS) is 24.8. The van der Waals surface area contributed by atoms with Crippen molar-refractivity contribution in [3.8, 4) is 0 Å². The van der Waals surface area contributed by atoms with Crippen LogP contribution in [0.15, 0.2) is 24.3 Å². The molecule has 1 aromatic rings. The first-order valence-corrected chi connectivity index (χ1v) is 9.02. The summed E-state index contributed by atoms with van der Waals surface area (Å²) >= 11 is 5.81. The van der Waals surface area contributed by atoms with Gasteiger partial charge in [-0.2, -0.15) is 0 Å². The van der Waals surface area contributed by atoms with Crippen molar-refractivity contribution < 1.29 is 9.59 Å². The van der Waals surface area contributed by atoms with Crippen LogP contribution in [0.1, 0.15) is 36.0 Å². The first kappa shape index (κ1) is 20.0. The largest absolute Gasteiger partial charge is 0.354 e. The predicted octanol–water partition coefficient (Wildman–Crippen LogP) is 2.39. The van der Waals surface area contributed by atoms with Crippen LogP contribution in [0.3, 0.4) is 0 Å². The molecule has 5 nitrogen and oxygen atoms in total. The van der Waals surface area contributed by atoms with E-state index in [0.29, 0.717) is 29.6 Å². The number of carbonyl (C=O) groups is 2. The summed E-state index contributed by atoms with van der Waals surface area (Å²) in [4.78, 5) is 24.7. The average molecular weight is 386 g/mol. The molecule has 0 radical (unpaired) electrons. The Kier molecular flexibility index (Phi) is 7.11. The molecule has 3 rings (SSSR count). The molecule has 7 heteroatoms. The standard InChI is InChI=1S/C18H24ClN3O2.ClH/c19-15-6-4-13(5-7-15)16(23)21-9-10-22-17(24)18-8-2-1-3-14(18)11-20-12-18;/h4-7,14,20H,1-3,8-12H2,(H,21,23)(H,22,24);1H/t14-,18+;/m0./s1. The highest BCUT2D eigenvalue weighted by Crippen LogP contribution is 2.43. The molecule has 2 aliphatic rings. The number of benzene rings is 1. The number of fused-ring (bicyclic) bond motifs is 1. The Morgan fingerprint density at radius 3 is 2.64 bits per heavy atom. The molecule has 2 amide bonds. The summed E-state index contributed by atoms with van der Waals surface area (Å²) in [7, 11) is 0. The smallest absolute Gasteiger partial charge is 0.251 e. The summed E-state index contributed by atoms with van der Waals surface area (Å²) in [5.41, 5.74) is 0.329. The fourth-order valence-electron chi connectivity index (χ4n) is 3.92. The Bertz CT molecular complexity index is 609. The maximum Gasteiger partial charge on any atom is 0.251 e. The number of hydrogen-bond donors (Lipinski definition) is 3. The van der Waals surface area contributed by atoms with E-state index in [9.17, 15) is 9.59 Å². The number of amides is 2. The van der Waals surface area contributed by atoms with Gasteiger partial charge in [0.05, 0.1) is 5.41 Å². The van der Waals surface area contributed by atoms with Crippen molar-refractivity contribution in [3.63, 3.8) is 0 Å². The lowest BCUT2D eigenvalue weighted by molar-refractivity contribution is -0.133. The molecule has 1 saturated heterocycles. The number of hydrogen-bond acceptors (Lipinski definition) is 3. The van der Waals surface area contributed by atoms with E-state index in [1.807, 2.05) is 0 Å². The molecule has 0 unspecified atom stereocenters. The number of nitrogens with one attached hydrogen (secondary N) is 3. The molecule has 2 atom stereocenters. The van der Waals surface area contributed by atoms with Crippen LogP contribution < -0.4 is 16.0 Å². The van der Waals surface area contributed by atoms with Crippen LogP contribution >= 0.6 is 24.0 Å². The third-order valence-electron chi connectivity index (χ3n) is 5.29. The summed E-state index contributed by atoms with van der Waals surface area (Å²) in [5.74, 6) is 0.435. The fourth-order valence-corrected chi connectivity index (χ4v) is 4.05. The van der Waals surface area contributed by atoms with Crippen LogP contribution in [0.4, 0.5) is 0 Å². The van der Waals surface area contributed by atoms with Gasteiger partial charge in [0.2, 0.25) is 5.91 Å². The second-order valence-corrected chi connectivity index (χ2v) is 7.18. The molecule has 138 valence electrons. The summed E-state index contributed by atoms with van der Waals surface area (Å²) in [6.45, 7) is 2.59. The van der Waals surface area contributed by atoms with Gasteiger partial charge >= 0.3 is 0 Å². The highest BCUT2D eigenvalue weighted by Gasteiger charge is 2.49. The number of halogens is 2. The Labute approximate surface area is 159 Å². The second kappa shape index (κ2) is 8.88. The summed E-state index contributed by atoms with van der Waals surface area (Å²) in [6, 6.07) is 6.75. The Morgan fingerprint density at radius 2 is 1.88 bits per heavy atom. The van der Waals surface area contributed by atoms with Crippen LogP contribution in [0.2, 0.25) is 5.02 Å². The van der Waals surface area contributed by atoms with Gasteiger partial charge in [0, 0.05) is 30.2 Å². The molecule has 0 bridgehead atoms. The van der Waals surface area contributed by atoms with E-state index < -0.39 is 0 Å². The fraction of sp³-hybridized carbons (Fsp3) is 0.556.